The second-order valence-electron chi connectivity index (χ2n) is 9.22. The van der Waals surface area contributed by atoms with Gasteiger partial charge >= 0.3 is 11.9 Å². The Morgan fingerprint density at radius 2 is 1.21 bits per heavy atom. The molecule has 0 aliphatic rings. The molecule has 142 valence electrons. The summed E-state index contributed by atoms with van der Waals surface area (Å²) in [4.78, 5) is 25.4. The van der Waals surface area contributed by atoms with Gasteiger partial charge in [0.1, 0.15) is 5.60 Å². The fourth-order valence-electron chi connectivity index (χ4n) is 2.27. The topological polar surface area (TPSA) is 52.6 Å². The number of rotatable bonds is 8. The van der Waals surface area contributed by atoms with Gasteiger partial charge in [-0.1, -0.05) is 41.5 Å². The lowest BCUT2D eigenvalue weighted by Gasteiger charge is -2.37. The Balaban J connectivity index is 5.26. The van der Waals surface area contributed by atoms with Crippen LogP contribution in [0.3, 0.4) is 0 Å². The Morgan fingerprint density at radius 3 is 1.54 bits per heavy atom. The SMILES string of the molecule is CC(C)CC(C)(C(=O)OC(C)(C)C(=O)OC(C)(C)C(C)C)C(C)C. The van der Waals surface area contributed by atoms with Crippen molar-refractivity contribution >= 4 is 11.9 Å². The van der Waals surface area contributed by atoms with E-state index in [1.807, 2.05) is 48.5 Å². The number of hydrogen-bond donors (Lipinski definition) is 0. The van der Waals surface area contributed by atoms with Crippen LogP contribution in [0, 0.1) is 23.2 Å². The van der Waals surface area contributed by atoms with Crippen molar-refractivity contribution < 1.29 is 19.1 Å². The maximum Gasteiger partial charge on any atom is 0.350 e. The summed E-state index contributed by atoms with van der Waals surface area (Å²) in [6.07, 6.45) is 0.714. The normalized spacial score (nSPS) is 15.6. The van der Waals surface area contributed by atoms with E-state index in [2.05, 4.69) is 13.8 Å². The van der Waals surface area contributed by atoms with Crippen LogP contribution in [0.1, 0.15) is 82.6 Å². The third kappa shape index (κ3) is 5.78. The molecule has 0 rings (SSSR count). The van der Waals surface area contributed by atoms with E-state index in [9.17, 15) is 9.59 Å². The molecular weight excluding hydrogens is 304 g/mol. The lowest BCUT2D eigenvalue weighted by Crippen LogP contribution is -2.48. The molecule has 0 saturated carbocycles. The predicted octanol–water partition coefficient (Wildman–Crippen LogP) is 4.99. The summed E-state index contributed by atoms with van der Waals surface area (Å²) in [6.45, 7) is 21.0. The van der Waals surface area contributed by atoms with Gasteiger partial charge in [-0.2, -0.15) is 0 Å². The molecule has 0 aliphatic carbocycles. The quantitative estimate of drug-likeness (QED) is 0.583. The van der Waals surface area contributed by atoms with E-state index in [0.29, 0.717) is 12.3 Å². The minimum Gasteiger partial charge on any atom is -0.456 e. The Bertz CT molecular complexity index is 447. The number of esters is 2. The first-order valence-electron chi connectivity index (χ1n) is 9.03. The van der Waals surface area contributed by atoms with Crippen molar-refractivity contribution in [2.24, 2.45) is 23.2 Å². The van der Waals surface area contributed by atoms with Gasteiger partial charge in [0.25, 0.3) is 0 Å². The molecule has 0 aliphatic heterocycles. The molecule has 0 amide bonds. The van der Waals surface area contributed by atoms with Crippen LogP contribution in [0.4, 0.5) is 0 Å². The second-order valence-corrected chi connectivity index (χ2v) is 9.22. The fraction of sp³-hybridized carbons (Fsp3) is 0.900. The Morgan fingerprint density at radius 1 is 0.750 bits per heavy atom. The zero-order valence-corrected chi connectivity index (χ0v) is 17.6. The molecule has 4 heteroatoms. The van der Waals surface area contributed by atoms with E-state index in [4.69, 9.17) is 9.47 Å². The first kappa shape index (κ1) is 22.9. The van der Waals surface area contributed by atoms with Gasteiger partial charge in [0.2, 0.25) is 5.60 Å². The molecule has 0 spiro atoms. The molecule has 4 nitrogen and oxygen atoms in total. The van der Waals surface area contributed by atoms with Gasteiger partial charge in [-0.15, -0.1) is 0 Å². The van der Waals surface area contributed by atoms with Crippen molar-refractivity contribution in [2.75, 3.05) is 0 Å². The lowest BCUT2D eigenvalue weighted by molar-refractivity contribution is -0.196. The van der Waals surface area contributed by atoms with E-state index in [1.165, 1.54) is 0 Å². The van der Waals surface area contributed by atoms with E-state index in [0.717, 1.165) is 0 Å². The zero-order chi connectivity index (χ0) is 19.5. The number of hydrogen-bond acceptors (Lipinski definition) is 4. The van der Waals surface area contributed by atoms with Gasteiger partial charge in [-0.3, -0.25) is 4.79 Å². The highest BCUT2D eigenvalue weighted by Gasteiger charge is 2.45. The van der Waals surface area contributed by atoms with Crippen molar-refractivity contribution in [3.63, 3.8) is 0 Å². The molecule has 0 heterocycles. The minimum atomic E-state index is -1.31. The van der Waals surface area contributed by atoms with Crippen LogP contribution < -0.4 is 0 Å². The van der Waals surface area contributed by atoms with Crippen molar-refractivity contribution in [2.45, 2.75) is 93.8 Å². The first-order valence-corrected chi connectivity index (χ1v) is 9.03. The molecule has 0 bridgehead atoms. The monoisotopic (exact) mass is 342 g/mol. The Labute approximate surface area is 148 Å². The van der Waals surface area contributed by atoms with Gasteiger partial charge in [-0.05, 0) is 58.8 Å². The second kappa shape index (κ2) is 7.88. The minimum absolute atomic E-state index is 0.117. The summed E-state index contributed by atoms with van der Waals surface area (Å²) >= 11 is 0. The maximum absolute atomic E-state index is 12.8. The van der Waals surface area contributed by atoms with Crippen LogP contribution >= 0.6 is 0 Å². The van der Waals surface area contributed by atoms with Crippen LogP contribution in [-0.4, -0.2) is 23.1 Å². The average Bonchev–Trinajstić information content (AvgIpc) is 2.35. The van der Waals surface area contributed by atoms with Crippen molar-refractivity contribution in [1.82, 2.24) is 0 Å². The van der Waals surface area contributed by atoms with Crippen molar-refractivity contribution in [3.8, 4) is 0 Å². The number of carbonyl (C=O) groups excluding carboxylic acids is 2. The number of ether oxygens (including phenoxy) is 2. The molecule has 0 aromatic heterocycles. The maximum atomic E-state index is 12.8. The highest BCUT2D eigenvalue weighted by molar-refractivity contribution is 5.85. The molecule has 0 N–H and O–H groups in total. The third-order valence-corrected chi connectivity index (χ3v) is 5.16. The van der Waals surface area contributed by atoms with Gasteiger partial charge in [-0.25, -0.2) is 4.79 Å². The lowest BCUT2D eigenvalue weighted by atomic mass is 9.73. The standard InChI is InChI=1S/C20H38O4/c1-13(2)12-20(11,15(5)6)17(22)24-19(9,10)16(21)23-18(7,8)14(3)4/h13-15H,12H2,1-11H3. The molecule has 1 unspecified atom stereocenters. The summed E-state index contributed by atoms with van der Waals surface area (Å²) in [6, 6.07) is 0. The summed E-state index contributed by atoms with van der Waals surface area (Å²) in [5.74, 6) is -0.207. The van der Waals surface area contributed by atoms with Crippen molar-refractivity contribution in [1.29, 1.82) is 0 Å². The van der Waals surface area contributed by atoms with Gasteiger partial charge in [0, 0.05) is 0 Å². The van der Waals surface area contributed by atoms with Crippen molar-refractivity contribution in [3.05, 3.63) is 0 Å². The van der Waals surface area contributed by atoms with E-state index < -0.39 is 22.6 Å². The van der Waals surface area contributed by atoms with Gasteiger partial charge < -0.3 is 9.47 Å². The Kier molecular flexibility index (Phi) is 7.53. The Hall–Kier alpha value is -1.06. The van der Waals surface area contributed by atoms with Crippen LogP contribution in [0.2, 0.25) is 0 Å². The average molecular weight is 343 g/mol. The highest BCUT2D eigenvalue weighted by atomic mass is 16.6. The largest absolute Gasteiger partial charge is 0.456 e. The van der Waals surface area contributed by atoms with Gasteiger partial charge in [0.15, 0.2) is 0 Å². The first-order chi connectivity index (χ1) is 10.6. The smallest absolute Gasteiger partial charge is 0.350 e. The summed E-state index contributed by atoms with van der Waals surface area (Å²) in [5, 5.41) is 0. The van der Waals surface area contributed by atoms with Crippen LogP contribution in [0.25, 0.3) is 0 Å². The van der Waals surface area contributed by atoms with Crippen LogP contribution in [0.15, 0.2) is 0 Å². The third-order valence-electron chi connectivity index (χ3n) is 5.16. The molecule has 1 atom stereocenters. The number of carbonyl (C=O) groups is 2. The summed E-state index contributed by atoms with van der Waals surface area (Å²) in [5.41, 5.74) is -2.55. The molecule has 0 radical (unpaired) electrons. The molecule has 0 aromatic carbocycles. The fourth-order valence-corrected chi connectivity index (χ4v) is 2.27. The van der Waals surface area contributed by atoms with E-state index in [1.54, 1.807) is 13.8 Å². The van der Waals surface area contributed by atoms with Crippen LogP contribution in [0.5, 0.6) is 0 Å². The van der Waals surface area contributed by atoms with E-state index >= 15 is 0 Å². The molecule has 0 saturated heterocycles. The zero-order valence-electron chi connectivity index (χ0n) is 17.6. The van der Waals surface area contributed by atoms with Gasteiger partial charge in [0.05, 0.1) is 5.41 Å². The molecular formula is C20H38O4. The molecule has 0 fully saturated rings. The summed E-state index contributed by atoms with van der Waals surface area (Å²) in [7, 11) is 0. The highest BCUT2D eigenvalue weighted by Crippen LogP contribution is 2.37. The van der Waals surface area contributed by atoms with E-state index in [-0.39, 0.29) is 17.8 Å². The predicted molar refractivity (Wildman–Crippen MR) is 97.6 cm³/mol. The van der Waals surface area contributed by atoms with Crippen LogP contribution in [-0.2, 0) is 19.1 Å². The summed E-state index contributed by atoms with van der Waals surface area (Å²) < 4.78 is 11.2. The molecule has 0 aromatic rings. The molecule has 24 heavy (non-hydrogen) atoms.